The summed E-state index contributed by atoms with van der Waals surface area (Å²) in [6.45, 7) is 0. The van der Waals surface area contributed by atoms with Crippen molar-refractivity contribution in [3.63, 3.8) is 0 Å². The molecule has 0 heterocycles. The lowest BCUT2D eigenvalue weighted by molar-refractivity contribution is 0.386. The molecule has 0 fully saturated rings. The molecule has 0 aliphatic carbocycles. The zero-order valence-electron chi connectivity index (χ0n) is 9.27. The van der Waals surface area contributed by atoms with Crippen LogP contribution < -0.4 is 4.74 Å². The minimum absolute atomic E-state index is 0.0845. The molecule has 0 aliphatic rings. The van der Waals surface area contributed by atoms with E-state index in [0.717, 1.165) is 5.56 Å². The van der Waals surface area contributed by atoms with Gasteiger partial charge in [0.05, 0.1) is 18.7 Å². The summed E-state index contributed by atoms with van der Waals surface area (Å²) in [4.78, 5) is 0. The molecular formula is C14H10FNO. The molecule has 17 heavy (non-hydrogen) atoms. The Balaban J connectivity index is 2.63. The first kappa shape index (κ1) is 11.2. The molecule has 0 saturated heterocycles. The maximum atomic E-state index is 13.6. The summed E-state index contributed by atoms with van der Waals surface area (Å²) < 4.78 is 18.5. The minimum atomic E-state index is -0.467. The van der Waals surface area contributed by atoms with Crippen molar-refractivity contribution in [2.75, 3.05) is 7.11 Å². The molecule has 2 aromatic carbocycles. The highest BCUT2D eigenvalue weighted by Gasteiger charge is 2.11. The number of ether oxygens (including phenoxy) is 1. The lowest BCUT2D eigenvalue weighted by atomic mass is 10.00. The molecular weight excluding hydrogens is 217 g/mol. The van der Waals surface area contributed by atoms with E-state index in [1.165, 1.54) is 19.2 Å². The van der Waals surface area contributed by atoms with Crippen LogP contribution in [-0.2, 0) is 0 Å². The Bertz CT molecular complexity index is 573. The van der Waals surface area contributed by atoms with Crippen LogP contribution in [0.4, 0.5) is 4.39 Å². The fourth-order valence-electron chi connectivity index (χ4n) is 1.66. The Kier molecular flexibility index (Phi) is 3.06. The van der Waals surface area contributed by atoms with E-state index in [1.54, 1.807) is 0 Å². The topological polar surface area (TPSA) is 33.0 Å². The third-order valence-corrected chi connectivity index (χ3v) is 2.50. The van der Waals surface area contributed by atoms with Crippen LogP contribution in [0.5, 0.6) is 5.75 Å². The first-order chi connectivity index (χ1) is 8.26. The van der Waals surface area contributed by atoms with Gasteiger partial charge in [-0.3, -0.25) is 0 Å². The minimum Gasteiger partial charge on any atom is -0.494 e. The Hall–Kier alpha value is -2.34. The molecule has 0 bridgehead atoms. The average molecular weight is 227 g/mol. The molecule has 0 amide bonds. The van der Waals surface area contributed by atoms with Crippen LogP contribution in [0.25, 0.3) is 11.1 Å². The molecule has 0 aliphatic heterocycles. The van der Waals surface area contributed by atoms with Gasteiger partial charge in [-0.05, 0) is 11.6 Å². The predicted octanol–water partition coefficient (Wildman–Crippen LogP) is 3.37. The van der Waals surface area contributed by atoms with Gasteiger partial charge in [-0.25, -0.2) is 4.39 Å². The van der Waals surface area contributed by atoms with E-state index in [1.807, 2.05) is 36.4 Å². The van der Waals surface area contributed by atoms with Gasteiger partial charge < -0.3 is 4.74 Å². The second-order valence-electron chi connectivity index (χ2n) is 3.51. The maximum absolute atomic E-state index is 13.6. The van der Waals surface area contributed by atoms with Gasteiger partial charge >= 0.3 is 0 Å². The Labute approximate surface area is 98.9 Å². The molecule has 0 unspecified atom stereocenters. The van der Waals surface area contributed by atoms with Gasteiger partial charge in [0.1, 0.15) is 0 Å². The van der Waals surface area contributed by atoms with Crippen molar-refractivity contribution in [2.45, 2.75) is 0 Å². The molecule has 84 valence electrons. The number of rotatable bonds is 2. The maximum Gasteiger partial charge on any atom is 0.165 e. The molecule has 0 radical (unpaired) electrons. The highest BCUT2D eigenvalue weighted by molar-refractivity contribution is 5.71. The molecule has 2 aromatic rings. The van der Waals surface area contributed by atoms with E-state index in [9.17, 15) is 4.39 Å². The van der Waals surface area contributed by atoms with E-state index in [4.69, 9.17) is 10.00 Å². The summed E-state index contributed by atoms with van der Waals surface area (Å²) in [5.41, 5.74) is 1.78. The lowest BCUT2D eigenvalue weighted by Crippen LogP contribution is -1.92. The van der Waals surface area contributed by atoms with Crippen molar-refractivity contribution < 1.29 is 9.13 Å². The normalized spacial score (nSPS) is 9.71. The highest BCUT2D eigenvalue weighted by Crippen LogP contribution is 2.29. The van der Waals surface area contributed by atoms with Crippen LogP contribution in [0, 0.1) is 17.1 Å². The Morgan fingerprint density at radius 1 is 1.18 bits per heavy atom. The summed E-state index contributed by atoms with van der Waals surface area (Å²) in [6.07, 6.45) is 0. The van der Waals surface area contributed by atoms with Crippen LogP contribution in [0.3, 0.4) is 0 Å². The molecule has 3 heteroatoms. The van der Waals surface area contributed by atoms with E-state index in [2.05, 4.69) is 0 Å². The average Bonchev–Trinajstić information content (AvgIpc) is 2.39. The van der Waals surface area contributed by atoms with Crippen molar-refractivity contribution in [1.82, 2.24) is 0 Å². The molecule has 2 nitrogen and oxygen atoms in total. The van der Waals surface area contributed by atoms with Crippen LogP contribution in [0.15, 0.2) is 42.5 Å². The van der Waals surface area contributed by atoms with Gasteiger partial charge in [0.25, 0.3) is 0 Å². The van der Waals surface area contributed by atoms with Crippen molar-refractivity contribution in [3.8, 4) is 22.9 Å². The first-order valence-electron chi connectivity index (χ1n) is 5.09. The third kappa shape index (κ3) is 2.11. The summed E-state index contributed by atoms with van der Waals surface area (Å²) in [5.74, 6) is -0.383. The van der Waals surface area contributed by atoms with Gasteiger partial charge in [-0.1, -0.05) is 30.3 Å². The van der Waals surface area contributed by atoms with E-state index < -0.39 is 5.82 Å². The zero-order valence-corrected chi connectivity index (χ0v) is 9.27. The van der Waals surface area contributed by atoms with Crippen LogP contribution in [0.2, 0.25) is 0 Å². The monoisotopic (exact) mass is 227 g/mol. The number of hydrogen-bond acceptors (Lipinski definition) is 2. The van der Waals surface area contributed by atoms with Gasteiger partial charge in [0.2, 0.25) is 0 Å². The molecule has 2 rings (SSSR count). The quantitative estimate of drug-likeness (QED) is 0.788. The molecule has 0 spiro atoms. The predicted molar refractivity (Wildman–Crippen MR) is 63.1 cm³/mol. The van der Waals surface area contributed by atoms with Crippen molar-refractivity contribution in [1.29, 1.82) is 5.26 Å². The molecule has 0 aromatic heterocycles. The van der Waals surface area contributed by atoms with E-state index in [-0.39, 0.29) is 5.75 Å². The van der Waals surface area contributed by atoms with Crippen molar-refractivity contribution >= 4 is 0 Å². The fraction of sp³-hybridized carbons (Fsp3) is 0.0714. The number of nitrogens with zero attached hydrogens (tertiary/aromatic N) is 1. The summed E-state index contributed by atoms with van der Waals surface area (Å²) >= 11 is 0. The lowest BCUT2D eigenvalue weighted by Gasteiger charge is -2.07. The second kappa shape index (κ2) is 4.67. The van der Waals surface area contributed by atoms with Gasteiger partial charge in [-0.2, -0.15) is 5.26 Å². The van der Waals surface area contributed by atoms with Crippen molar-refractivity contribution in [3.05, 3.63) is 53.8 Å². The molecule has 0 atom stereocenters. The highest BCUT2D eigenvalue weighted by atomic mass is 19.1. The number of halogens is 1. The Morgan fingerprint density at radius 3 is 2.47 bits per heavy atom. The number of methoxy groups -OCH3 is 1. The summed E-state index contributed by atoms with van der Waals surface area (Å²) in [5, 5.41) is 9.06. The SMILES string of the molecule is COc1cc(C#N)c(-c2ccccc2)cc1F. The number of nitriles is 1. The largest absolute Gasteiger partial charge is 0.494 e. The summed E-state index contributed by atoms with van der Waals surface area (Å²) in [7, 11) is 1.38. The second-order valence-corrected chi connectivity index (χ2v) is 3.51. The smallest absolute Gasteiger partial charge is 0.165 e. The third-order valence-electron chi connectivity index (χ3n) is 2.50. The zero-order chi connectivity index (χ0) is 12.3. The van der Waals surface area contributed by atoms with Crippen molar-refractivity contribution in [2.24, 2.45) is 0 Å². The Morgan fingerprint density at radius 2 is 1.88 bits per heavy atom. The van der Waals surface area contributed by atoms with Gasteiger partial charge in [0, 0.05) is 11.6 Å². The van der Waals surface area contributed by atoms with E-state index in [0.29, 0.717) is 11.1 Å². The van der Waals surface area contributed by atoms with Gasteiger partial charge in [-0.15, -0.1) is 0 Å². The van der Waals surface area contributed by atoms with E-state index >= 15 is 0 Å². The number of benzene rings is 2. The fourth-order valence-corrected chi connectivity index (χ4v) is 1.66. The van der Waals surface area contributed by atoms with Crippen LogP contribution in [-0.4, -0.2) is 7.11 Å². The number of hydrogen-bond donors (Lipinski definition) is 0. The standard InChI is InChI=1S/C14H10FNO/c1-17-14-7-11(9-16)12(8-13(14)15)10-5-3-2-4-6-10/h2-8H,1H3. The van der Waals surface area contributed by atoms with Gasteiger partial charge in [0.15, 0.2) is 11.6 Å². The van der Waals surface area contributed by atoms with Crippen LogP contribution >= 0.6 is 0 Å². The summed E-state index contributed by atoms with van der Waals surface area (Å²) in [6, 6.07) is 14.0. The first-order valence-corrected chi connectivity index (χ1v) is 5.09. The molecule has 0 N–H and O–H groups in total. The van der Waals surface area contributed by atoms with Crippen LogP contribution in [0.1, 0.15) is 5.56 Å². The molecule has 0 saturated carbocycles.